The number of hydrogen-bond acceptors (Lipinski definition) is 10. The Labute approximate surface area is 239 Å². The summed E-state index contributed by atoms with van der Waals surface area (Å²) in [6.07, 6.45) is 0.833. The highest BCUT2D eigenvalue weighted by molar-refractivity contribution is 7.91. The lowest BCUT2D eigenvalue weighted by atomic mass is 10.1. The van der Waals surface area contributed by atoms with Crippen LogP contribution in [0.5, 0.6) is 5.75 Å². The van der Waals surface area contributed by atoms with E-state index >= 15 is 0 Å². The van der Waals surface area contributed by atoms with Gasteiger partial charge in [-0.25, -0.2) is 18.4 Å². The van der Waals surface area contributed by atoms with Gasteiger partial charge in [0.1, 0.15) is 23.7 Å². The Morgan fingerprint density at radius 2 is 1.71 bits per heavy atom. The molecule has 2 aromatic heterocycles. The van der Waals surface area contributed by atoms with Crippen LogP contribution in [0.15, 0.2) is 54.9 Å². The summed E-state index contributed by atoms with van der Waals surface area (Å²) < 4.78 is 41.1. The van der Waals surface area contributed by atoms with Gasteiger partial charge < -0.3 is 19.7 Å². The topological polar surface area (TPSA) is 150 Å². The van der Waals surface area contributed by atoms with Crippen molar-refractivity contribution in [2.24, 2.45) is 0 Å². The van der Waals surface area contributed by atoms with E-state index in [0.717, 1.165) is 22.3 Å². The number of aliphatic hydroxyl groups is 2. The zero-order valence-electron chi connectivity index (χ0n) is 23.7. The summed E-state index contributed by atoms with van der Waals surface area (Å²) in [5.74, 6) is 0.885. The van der Waals surface area contributed by atoms with Crippen LogP contribution in [0.2, 0.25) is 0 Å². The number of sulfone groups is 1. The van der Waals surface area contributed by atoms with Crippen molar-refractivity contribution in [2.45, 2.75) is 50.9 Å². The number of rotatable bonds is 12. The molecule has 2 heterocycles. The largest absolute Gasteiger partial charge is 0.495 e. The Kier molecular flexibility index (Phi) is 9.49. The zero-order valence-corrected chi connectivity index (χ0v) is 24.5. The van der Waals surface area contributed by atoms with Gasteiger partial charge in [-0.1, -0.05) is 35.9 Å². The molecule has 218 valence electrons. The number of aryl methyl sites for hydroxylation is 3. The quantitative estimate of drug-likeness (QED) is 0.256. The summed E-state index contributed by atoms with van der Waals surface area (Å²) in [6, 6.07) is 13.3. The van der Waals surface area contributed by atoms with Gasteiger partial charge in [-0.3, -0.25) is 4.57 Å². The van der Waals surface area contributed by atoms with Crippen LogP contribution < -0.4 is 4.74 Å². The van der Waals surface area contributed by atoms with Crippen molar-refractivity contribution in [3.8, 4) is 22.8 Å². The minimum atomic E-state index is -3.98. The van der Waals surface area contributed by atoms with E-state index < -0.39 is 39.7 Å². The van der Waals surface area contributed by atoms with Gasteiger partial charge in [0.2, 0.25) is 0 Å². The lowest BCUT2D eigenvalue weighted by Crippen LogP contribution is -2.33. The SMILES string of the molecule is COc1cccc(C)c1-n1c(CS(=O)(=O)[C@@H](C)[C@H](OC[C@H](O)CO)c2ncc(C)cn2)nnc1-c1cccc(C)c1. The van der Waals surface area contributed by atoms with E-state index in [-0.39, 0.29) is 18.3 Å². The third-order valence-corrected chi connectivity index (χ3v) is 8.75. The molecule has 4 aromatic rings. The monoisotopic (exact) mass is 581 g/mol. The predicted molar refractivity (Wildman–Crippen MR) is 153 cm³/mol. The van der Waals surface area contributed by atoms with Crippen LogP contribution in [-0.4, -0.2) is 75.0 Å². The van der Waals surface area contributed by atoms with Crippen LogP contribution in [0.3, 0.4) is 0 Å². The predicted octanol–water partition coefficient (Wildman–Crippen LogP) is 3.07. The summed E-state index contributed by atoms with van der Waals surface area (Å²) in [7, 11) is -2.43. The third-order valence-electron chi connectivity index (χ3n) is 6.71. The molecule has 0 aliphatic heterocycles. The van der Waals surface area contributed by atoms with Crippen molar-refractivity contribution in [1.29, 1.82) is 0 Å². The summed E-state index contributed by atoms with van der Waals surface area (Å²) in [5.41, 5.74) is 4.06. The van der Waals surface area contributed by atoms with Crippen LogP contribution >= 0.6 is 0 Å². The highest BCUT2D eigenvalue weighted by Crippen LogP contribution is 2.34. The summed E-state index contributed by atoms with van der Waals surface area (Å²) in [4.78, 5) is 8.56. The fourth-order valence-electron chi connectivity index (χ4n) is 4.44. The van der Waals surface area contributed by atoms with Gasteiger partial charge in [0.25, 0.3) is 0 Å². The van der Waals surface area contributed by atoms with Gasteiger partial charge in [0.15, 0.2) is 27.3 Å². The minimum absolute atomic E-state index is 0.152. The number of benzene rings is 2. The maximum Gasteiger partial charge on any atom is 0.168 e. The minimum Gasteiger partial charge on any atom is -0.495 e. The average Bonchev–Trinajstić information content (AvgIpc) is 3.35. The maximum atomic E-state index is 14.0. The molecular formula is C29H35N5O6S. The third kappa shape index (κ3) is 6.79. The zero-order chi connectivity index (χ0) is 29.7. The molecule has 0 amide bonds. The molecule has 2 aromatic carbocycles. The van der Waals surface area contributed by atoms with Gasteiger partial charge in [-0.05, 0) is 51.0 Å². The van der Waals surface area contributed by atoms with Crippen molar-refractivity contribution in [3.05, 3.63) is 83.2 Å². The van der Waals surface area contributed by atoms with Crippen LogP contribution in [0, 0.1) is 20.8 Å². The van der Waals surface area contributed by atoms with E-state index in [9.17, 15) is 18.6 Å². The molecule has 12 heteroatoms. The van der Waals surface area contributed by atoms with Gasteiger partial charge in [-0.15, -0.1) is 10.2 Å². The van der Waals surface area contributed by atoms with E-state index in [1.54, 1.807) is 30.1 Å². The highest BCUT2D eigenvalue weighted by atomic mass is 32.2. The normalized spacial score (nSPS) is 14.0. The van der Waals surface area contributed by atoms with Crippen molar-refractivity contribution in [2.75, 3.05) is 20.3 Å². The molecule has 2 N–H and O–H groups in total. The van der Waals surface area contributed by atoms with Crippen molar-refractivity contribution in [3.63, 3.8) is 0 Å². The Bertz CT molecular complexity index is 1590. The second-order valence-electron chi connectivity index (χ2n) is 9.99. The first kappa shape index (κ1) is 30.3. The number of aliphatic hydroxyl groups excluding tert-OH is 2. The molecule has 4 rings (SSSR count). The molecule has 11 nitrogen and oxygen atoms in total. The Hall–Kier alpha value is -3.71. The molecule has 0 aliphatic carbocycles. The number of methoxy groups -OCH3 is 1. The second kappa shape index (κ2) is 12.9. The lowest BCUT2D eigenvalue weighted by molar-refractivity contribution is -0.0324. The smallest absolute Gasteiger partial charge is 0.168 e. The van der Waals surface area contributed by atoms with E-state index in [4.69, 9.17) is 9.47 Å². The van der Waals surface area contributed by atoms with E-state index in [1.165, 1.54) is 6.92 Å². The maximum absolute atomic E-state index is 14.0. The van der Waals surface area contributed by atoms with Gasteiger partial charge in [0.05, 0.1) is 31.3 Å². The molecule has 0 saturated carbocycles. The first-order valence-electron chi connectivity index (χ1n) is 13.1. The molecule has 0 radical (unpaired) electrons. The molecule has 3 atom stereocenters. The van der Waals surface area contributed by atoms with Crippen molar-refractivity contribution in [1.82, 2.24) is 24.7 Å². The molecule has 0 fully saturated rings. The van der Waals surface area contributed by atoms with Crippen LogP contribution in [0.4, 0.5) is 0 Å². The fraction of sp³-hybridized carbons (Fsp3) is 0.379. The Morgan fingerprint density at radius 3 is 2.37 bits per heavy atom. The van der Waals surface area contributed by atoms with Gasteiger partial charge in [0, 0.05) is 18.0 Å². The van der Waals surface area contributed by atoms with Gasteiger partial charge >= 0.3 is 0 Å². The standard InChI is InChI=1S/C29H35N5O6S/c1-18-8-6-10-22(12-18)29-33-32-25(34(29)26-20(3)9-7-11-24(26)39-5)17-41(37,38)21(4)27(40-16-23(36)15-35)28-30-13-19(2)14-31-28/h6-14,21,23,27,35-36H,15-17H2,1-5H3/t21-,23+,27-/m0/s1. The highest BCUT2D eigenvalue weighted by Gasteiger charge is 2.36. The van der Waals surface area contributed by atoms with E-state index in [0.29, 0.717) is 17.3 Å². The molecule has 0 bridgehead atoms. The van der Waals surface area contributed by atoms with Crippen LogP contribution in [-0.2, 0) is 20.3 Å². The van der Waals surface area contributed by atoms with Crippen LogP contribution in [0.1, 0.15) is 41.4 Å². The Balaban J connectivity index is 1.80. The van der Waals surface area contributed by atoms with E-state index in [2.05, 4.69) is 20.2 Å². The number of ether oxygens (including phenoxy) is 2. The molecule has 0 spiro atoms. The second-order valence-corrected chi connectivity index (χ2v) is 12.3. The summed E-state index contributed by atoms with van der Waals surface area (Å²) in [5, 5.41) is 26.8. The fourth-order valence-corrected chi connectivity index (χ4v) is 5.82. The number of nitrogens with zero attached hydrogens (tertiary/aromatic N) is 5. The summed E-state index contributed by atoms with van der Waals surface area (Å²) >= 11 is 0. The molecule has 0 unspecified atom stereocenters. The molecule has 41 heavy (non-hydrogen) atoms. The van der Waals surface area contributed by atoms with E-state index in [1.807, 2.05) is 57.2 Å². The molecule has 0 aliphatic rings. The van der Waals surface area contributed by atoms with Crippen molar-refractivity contribution >= 4 is 9.84 Å². The lowest BCUT2D eigenvalue weighted by Gasteiger charge is -2.24. The first-order chi connectivity index (χ1) is 19.6. The first-order valence-corrected chi connectivity index (χ1v) is 14.8. The molecule has 0 saturated heterocycles. The Morgan fingerprint density at radius 1 is 1.00 bits per heavy atom. The van der Waals surface area contributed by atoms with Crippen LogP contribution in [0.25, 0.3) is 17.1 Å². The number of aromatic nitrogens is 5. The average molecular weight is 582 g/mol. The number of hydrogen-bond donors (Lipinski definition) is 2. The number of para-hydroxylation sites is 1. The van der Waals surface area contributed by atoms with Gasteiger partial charge in [-0.2, -0.15) is 0 Å². The summed E-state index contributed by atoms with van der Waals surface area (Å²) in [6.45, 7) is 6.35. The van der Waals surface area contributed by atoms with Crippen molar-refractivity contribution < 1.29 is 28.1 Å². The molecular weight excluding hydrogens is 546 g/mol.